The quantitative estimate of drug-likeness (QED) is 0.689. The van der Waals surface area contributed by atoms with Crippen LogP contribution < -0.4 is 0 Å². The van der Waals surface area contributed by atoms with Crippen molar-refractivity contribution in [1.29, 1.82) is 0 Å². The van der Waals surface area contributed by atoms with Gasteiger partial charge in [-0.3, -0.25) is 4.79 Å². The van der Waals surface area contributed by atoms with Gasteiger partial charge in [0, 0.05) is 31.8 Å². The van der Waals surface area contributed by atoms with Crippen LogP contribution >= 0.6 is 0 Å². The van der Waals surface area contributed by atoms with Crippen molar-refractivity contribution >= 4 is 22.9 Å². The number of rotatable bonds is 5. The van der Waals surface area contributed by atoms with Crippen molar-refractivity contribution in [3.8, 4) is 0 Å². The third-order valence-corrected chi connectivity index (χ3v) is 5.47. The van der Waals surface area contributed by atoms with Gasteiger partial charge in [0.1, 0.15) is 11.6 Å². The van der Waals surface area contributed by atoms with Gasteiger partial charge in [-0.15, -0.1) is 0 Å². The maximum atomic E-state index is 13.3. The molecule has 1 aliphatic rings. The molecule has 0 bridgehead atoms. The number of halogens is 1. The van der Waals surface area contributed by atoms with Crippen LogP contribution in [0, 0.1) is 5.82 Å². The molecule has 2 heterocycles. The zero-order valence-electron chi connectivity index (χ0n) is 15.9. The molecule has 0 saturated carbocycles. The summed E-state index contributed by atoms with van der Waals surface area (Å²) in [6.07, 6.45) is 2.71. The standard InChI is InChI=1S/C22H22FN3O3/c23-17-7-8-18-19(12-17)25-20(24-18)9-10-21(27)26-11-1-2-16(13-26)14-3-5-15(6-4-14)22(28)29/h3-8,12,16H,1-2,9-11,13H2,(H,24,25)(H,28,29)/t16-/m0/s1. The Hall–Kier alpha value is -3.22. The van der Waals surface area contributed by atoms with E-state index in [-0.39, 0.29) is 23.2 Å². The molecule has 6 nitrogen and oxygen atoms in total. The fraction of sp³-hybridized carbons (Fsp3) is 0.318. The fourth-order valence-electron chi connectivity index (χ4n) is 3.91. The number of carbonyl (C=O) groups excluding carboxylic acids is 1. The molecule has 0 spiro atoms. The number of aromatic amines is 1. The average molecular weight is 395 g/mol. The maximum Gasteiger partial charge on any atom is 0.335 e. The summed E-state index contributed by atoms with van der Waals surface area (Å²) < 4.78 is 13.3. The molecule has 4 rings (SSSR count). The minimum atomic E-state index is -0.940. The van der Waals surface area contributed by atoms with Gasteiger partial charge in [0.25, 0.3) is 0 Å². The number of benzene rings is 2. The van der Waals surface area contributed by atoms with Crippen LogP contribution in [0.25, 0.3) is 11.0 Å². The van der Waals surface area contributed by atoms with Gasteiger partial charge in [0.05, 0.1) is 16.6 Å². The van der Waals surface area contributed by atoms with Gasteiger partial charge in [-0.1, -0.05) is 12.1 Å². The first-order valence-corrected chi connectivity index (χ1v) is 9.75. The molecule has 0 radical (unpaired) electrons. The first-order chi connectivity index (χ1) is 14.0. The largest absolute Gasteiger partial charge is 0.478 e. The van der Waals surface area contributed by atoms with Gasteiger partial charge < -0.3 is 15.0 Å². The second kappa shape index (κ2) is 8.03. The van der Waals surface area contributed by atoms with Crippen molar-refractivity contribution < 1.29 is 19.1 Å². The highest BCUT2D eigenvalue weighted by Crippen LogP contribution is 2.27. The summed E-state index contributed by atoms with van der Waals surface area (Å²) in [5, 5.41) is 9.03. The SMILES string of the molecule is O=C(O)c1ccc([C@H]2CCCN(C(=O)CCc3nc4ccc(F)cc4[nH]3)C2)cc1. The molecule has 2 N–H and O–H groups in total. The van der Waals surface area contributed by atoms with E-state index in [4.69, 9.17) is 5.11 Å². The maximum absolute atomic E-state index is 13.3. The predicted molar refractivity (Wildman–Crippen MR) is 106 cm³/mol. The third-order valence-electron chi connectivity index (χ3n) is 5.47. The number of hydrogen-bond donors (Lipinski definition) is 2. The third kappa shape index (κ3) is 4.29. The van der Waals surface area contributed by atoms with Gasteiger partial charge in [-0.25, -0.2) is 14.2 Å². The van der Waals surface area contributed by atoms with Crippen LogP contribution in [0.2, 0.25) is 0 Å². The highest BCUT2D eigenvalue weighted by atomic mass is 19.1. The number of carboxylic acid groups (broad SMARTS) is 1. The van der Waals surface area contributed by atoms with Crippen molar-refractivity contribution in [2.24, 2.45) is 0 Å². The number of aromatic nitrogens is 2. The van der Waals surface area contributed by atoms with Gasteiger partial charge >= 0.3 is 5.97 Å². The van der Waals surface area contributed by atoms with Gasteiger partial charge in [-0.2, -0.15) is 0 Å². The number of likely N-dealkylation sites (tertiary alicyclic amines) is 1. The minimum Gasteiger partial charge on any atom is -0.478 e. The van der Waals surface area contributed by atoms with Crippen molar-refractivity contribution in [3.05, 3.63) is 65.2 Å². The number of nitrogens with zero attached hydrogens (tertiary/aromatic N) is 2. The molecule has 3 aromatic rings. The smallest absolute Gasteiger partial charge is 0.335 e. The molecule has 0 aliphatic carbocycles. The van der Waals surface area contributed by atoms with E-state index in [1.807, 2.05) is 17.0 Å². The fourth-order valence-corrected chi connectivity index (χ4v) is 3.91. The summed E-state index contributed by atoms with van der Waals surface area (Å²) in [5.41, 5.74) is 2.65. The summed E-state index contributed by atoms with van der Waals surface area (Å²) in [7, 11) is 0. The van der Waals surface area contributed by atoms with Crippen LogP contribution in [0.3, 0.4) is 0 Å². The average Bonchev–Trinajstić information content (AvgIpc) is 3.14. The molecule has 1 saturated heterocycles. The second-order valence-corrected chi connectivity index (χ2v) is 7.45. The number of nitrogens with one attached hydrogen (secondary N) is 1. The van der Waals surface area contributed by atoms with Crippen molar-refractivity contribution in [2.45, 2.75) is 31.6 Å². The van der Waals surface area contributed by atoms with E-state index < -0.39 is 5.97 Å². The van der Waals surface area contributed by atoms with Crippen molar-refractivity contribution in [3.63, 3.8) is 0 Å². The van der Waals surface area contributed by atoms with E-state index in [1.165, 1.54) is 12.1 Å². The monoisotopic (exact) mass is 395 g/mol. The van der Waals surface area contributed by atoms with Gasteiger partial charge in [-0.05, 0) is 48.7 Å². The van der Waals surface area contributed by atoms with Gasteiger partial charge in [0.2, 0.25) is 5.91 Å². The number of carbonyl (C=O) groups is 2. The van der Waals surface area contributed by atoms with Crippen molar-refractivity contribution in [1.82, 2.24) is 14.9 Å². The summed E-state index contributed by atoms with van der Waals surface area (Å²) in [6, 6.07) is 11.3. The lowest BCUT2D eigenvalue weighted by atomic mass is 9.90. The molecule has 2 aromatic carbocycles. The Bertz CT molecular complexity index is 1050. The number of aromatic carboxylic acids is 1. The van der Waals surface area contributed by atoms with Crippen LogP contribution in [-0.4, -0.2) is 44.9 Å². The summed E-state index contributed by atoms with van der Waals surface area (Å²) in [6.45, 7) is 1.37. The number of piperidine rings is 1. The lowest BCUT2D eigenvalue weighted by Gasteiger charge is -2.33. The first kappa shape index (κ1) is 19.1. The van der Waals surface area contributed by atoms with Crippen molar-refractivity contribution in [2.75, 3.05) is 13.1 Å². The Balaban J connectivity index is 1.37. The zero-order chi connectivity index (χ0) is 20.4. The Kier molecular flexibility index (Phi) is 5.29. The zero-order valence-corrected chi connectivity index (χ0v) is 15.9. The molecule has 1 aromatic heterocycles. The van der Waals surface area contributed by atoms with E-state index in [9.17, 15) is 14.0 Å². The minimum absolute atomic E-state index is 0.0727. The normalized spacial score (nSPS) is 16.9. The van der Waals surface area contributed by atoms with E-state index in [0.29, 0.717) is 36.2 Å². The topological polar surface area (TPSA) is 86.3 Å². The summed E-state index contributed by atoms with van der Waals surface area (Å²) >= 11 is 0. The lowest BCUT2D eigenvalue weighted by molar-refractivity contribution is -0.132. The van der Waals surface area contributed by atoms with Crippen LogP contribution in [0.1, 0.15) is 46.9 Å². The molecule has 150 valence electrons. The highest BCUT2D eigenvalue weighted by Gasteiger charge is 2.25. The molecule has 1 amide bonds. The van der Waals surface area contributed by atoms with E-state index in [1.54, 1.807) is 18.2 Å². The Morgan fingerprint density at radius 1 is 1.21 bits per heavy atom. The number of carboxylic acids is 1. The van der Waals surface area contributed by atoms with Gasteiger partial charge in [0.15, 0.2) is 0 Å². The molecular formula is C22H22FN3O3. The number of aryl methyl sites for hydroxylation is 1. The second-order valence-electron chi connectivity index (χ2n) is 7.45. The Morgan fingerprint density at radius 2 is 2.00 bits per heavy atom. The predicted octanol–water partition coefficient (Wildman–Crippen LogP) is 3.74. The van der Waals surface area contributed by atoms with E-state index in [2.05, 4.69) is 9.97 Å². The number of amides is 1. The molecule has 29 heavy (non-hydrogen) atoms. The number of hydrogen-bond acceptors (Lipinski definition) is 3. The number of fused-ring (bicyclic) bond motifs is 1. The first-order valence-electron chi connectivity index (χ1n) is 9.75. The Labute approximate surface area is 167 Å². The number of imidazole rings is 1. The molecular weight excluding hydrogens is 373 g/mol. The summed E-state index contributed by atoms with van der Waals surface area (Å²) in [5.74, 6) is -0.296. The molecule has 1 fully saturated rings. The number of H-pyrrole nitrogens is 1. The molecule has 0 unspecified atom stereocenters. The van der Waals surface area contributed by atoms with Crippen LogP contribution in [0.4, 0.5) is 4.39 Å². The van der Waals surface area contributed by atoms with Crippen LogP contribution in [0.5, 0.6) is 0 Å². The molecule has 7 heteroatoms. The van der Waals surface area contributed by atoms with Crippen LogP contribution in [0.15, 0.2) is 42.5 Å². The molecule has 1 aliphatic heterocycles. The van der Waals surface area contributed by atoms with E-state index in [0.717, 1.165) is 24.9 Å². The van der Waals surface area contributed by atoms with E-state index >= 15 is 0 Å². The van der Waals surface area contributed by atoms with Crippen LogP contribution in [-0.2, 0) is 11.2 Å². The Morgan fingerprint density at radius 3 is 2.76 bits per heavy atom. The highest BCUT2D eigenvalue weighted by molar-refractivity contribution is 5.87. The summed E-state index contributed by atoms with van der Waals surface area (Å²) in [4.78, 5) is 33.1. The lowest BCUT2D eigenvalue weighted by Crippen LogP contribution is -2.39. The molecule has 1 atom stereocenters.